The fraction of sp³-hybridized carbons (Fsp3) is 0.0769. The topological polar surface area (TPSA) is 9.23 Å². The Hall–Kier alpha value is -0.410. The van der Waals surface area contributed by atoms with Crippen molar-refractivity contribution in [3.8, 4) is 11.5 Å². The maximum atomic E-state index is 5.94. The molecule has 0 heterocycles. The van der Waals surface area contributed by atoms with E-state index in [0.717, 1.165) is 10.0 Å². The molecule has 0 radical (unpaired) electrons. The molecule has 0 spiro atoms. The zero-order chi connectivity index (χ0) is 13.1. The highest BCUT2D eigenvalue weighted by Gasteiger charge is 2.07. The van der Waals surface area contributed by atoms with Crippen LogP contribution in [0.4, 0.5) is 0 Å². The minimum atomic E-state index is 0.379. The molecule has 0 N–H and O–H groups in total. The Bertz CT molecular complexity index is 572. The van der Waals surface area contributed by atoms with Crippen molar-refractivity contribution >= 4 is 50.7 Å². The third-order valence-electron chi connectivity index (χ3n) is 2.29. The van der Waals surface area contributed by atoms with Gasteiger partial charge in [-0.15, -0.1) is 11.6 Å². The number of halogens is 4. The second-order valence-electron chi connectivity index (χ2n) is 3.56. The summed E-state index contributed by atoms with van der Waals surface area (Å²) in [5.41, 5.74) is 0.908. The lowest BCUT2D eigenvalue weighted by Crippen LogP contribution is -1.90. The Labute approximate surface area is 129 Å². The number of hydrogen-bond acceptors (Lipinski definition) is 1. The zero-order valence-corrected chi connectivity index (χ0v) is 12.9. The van der Waals surface area contributed by atoms with Gasteiger partial charge in [0, 0.05) is 16.1 Å². The van der Waals surface area contributed by atoms with E-state index < -0.39 is 0 Å². The van der Waals surface area contributed by atoms with Crippen molar-refractivity contribution in [2.45, 2.75) is 5.88 Å². The number of ether oxygens (including phenoxy) is 1. The Morgan fingerprint density at radius 3 is 2.44 bits per heavy atom. The summed E-state index contributed by atoms with van der Waals surface area (Å²) in [6.07, 6.45) is 0. The molecule has 18 heavy (non-hydrogen) atoms. The fourth-order valence-electron chi connectivity index (χ4n) is 1.40. The minimum Gasteiger partial charge on any atom is -0.457 e. The average molecular weight is 366 g/mol. The van der Waals surface area contributed by atoms with Crippen LogP contribution >= 0.6 is 50.7 Å². The van der Waals surface area contributed by atoms with Gasteiger partial charge in [0.25, 0.3) is 0 Å². The van der Waals surface area contributed by atoms with Gasteiger partial charge in [0.2, 0.25) is 0 Å². The predicted molar refractivity (Wildman–Crippen MR) is 80.2 cm³/mol. The highest BCUT2D eigenvalue weighted by molar-refractivity contribution is 9.10. The van der Waals surface area contributed by atoms with Crippen molar-refractivity contribution in [1.82, 2.24) is 0 Å². The first-order valence-corrected chi connectivity index (χ1v) is 7.16. The first-order valence-electron chi connectivity index (χ1n) is 5.07. The minimum absolute atomic E-state index is 0.379. The van der Waals surface area contributed by atoms with Crippen molar-refractivity contribution in [2.24, 2.45) is 0 Å². The largest absolute Gasteiger partial charge is 0.457 e. The first-order chi connectivity index (χ1) is 8.60. The van der Waals surface area contributed by atoms with Gasteiger partial charge in [-0.1, -0.05) is 45.2 Å². The van der Waals surface area contributed by atoms with Crippen LogP contribution in [0.2, 0.25) is 10.0 Å². The number of alkyl halides is 1. The molecule has 0 fully saturated rings. The van der Waals surface area contributed by atoms with Crippen LogP contribution in [0.3, 0.4) is 0 Å². The summed E-state index contributed by atoms with van der Waals surface area (Å²) in [7, 11) is 0. The Kier molecular flexibility index (Phi) is 4.79. The Morgan fingerprint density at radius 1 is 1.00 bits per heavy atom. The summed E-state index contributed by atoms with van der Waals surface area (Å²) in [6.45, 7) is 0. The number of rotatable bonds is 3. The van der Waals surface area contributed by atoms with Crippen molar-refractivity contribution in [1.29, 1.82) is 0 Å². The monoisotopic (exact) mass is 364 g/mol. The second-order valence-corrected chi connectivity index (χ2v) is 5.56. The van der Waals surface area contributed by atoms with E-state index in [1.807, 2.05) is 18.2 Å². The molecule has 0 unspecified atom stereocenters. The molecule has 94 valence electrons. The third-order valence-corrected chi connectivity index (χ3v) is 3.81. The smallest absolute Gasteiger partial charge is 0.132 e. The maximum absolute atomic E-state index is 5.94. The van der Waals surface area contributed by atoms with Gasteiger partial charge < -0.3 is 4.74 Å². The van der Waals surface area contributed by atoms with Crippen molar-refractivity contribution < 1.29 is 4.74 Å². The van der Waals surface area contributed by atoms with Crippen LogP contribution in [-0.2, 0) is 5.88 Å². The summed E-state index contributed by atoms with van der Waals surface area (Å²) in [6, 6.07) is 10.8. The third kappa shape index (κ3) is 3.33. The maximum Gasteiger partial charge on any atom is 0.132 e. The quantitative estimate of drug-likeness (QED) is 0.580. The number of benzene rings is 2. The molecule has 0 saturated heterocycles. The van der Waals surface area contributed by atoms with E-state index in [2.05, 4.69) is 15.9 Å². The van der Waals surface area contributed by atoms with Crippen LogP contribution in [0.25, 0.3) is 0 Å². The van der Waals surface area contributed by atoms with Gasteiger partial charge in [-0.2, -0.15) is 0 Å². The summed E-state index contributed by atoms with van der Waals surface area (Å²) in [5, 5.41) is 0.951. The second kappa shape index (κ2) is 6.16. The molecule has 1 nitrogen and oxygen atoms in total. The molecular weight excluding hydrogens is 358 g/mol. The van der Waals surface area contributed by atoms with Gasteiger partial charge in [-0.3, -0.25) is 0 Å². The molecule has 0 amide bonds. The molecule has 2 aromatic carbocycles. The molecule has 0 saturated carbocycles. The molecular formula is C13H8BrCl3O. The lowest BCUT2D eigenvalue weighted by atomic mass is 10.2. The van der Waals surface area contributed by atoms with Gasteiger partial charge in [-0.25, -0.2) is 0 Å². The highest BCUT2D eigenvalue weighted by Crippen LogP contribution is 2.32. The van der Waals surface area contributed by atoms with E-state index in [0.29, 0.717) is 27.4 Å². The normalized spacial score (nSPS) is 10.4. The molecule has 2 rings (SSSR count). The van der Waals surface area contributed by atoms with Crippen LogP contribution in [0.5, 0.6) is 11.5 Å². The first kappa shape index (κ1) is 14.0. The van der Waals surface area contributed by atoms with Crippen LogP contribution in [0, 0.1) is 0 Å². The molecule has 0 aliphatic heterocycles. The standard InChI is InChI=1S/C13H8BrCl3O/c14-9-2-1-8(7-15)13(5-9)18-10-3-4-11(16)12(17)6-10/h1-6H,7H2. The van der Waals surface area contributed by atoms with Crippen LogP contribution < -0.4 is 4.74 Å². The zero-order valence-electron chi connectivity index (χ0n) is 9.09. The molecule has 0 aromatic heterocycles. The van der Waals surface area contributed by atoms with Gasteiger partial charge in [-0.05, 0) is 24.3 Å². The van der Waals surface area contributed by atoms with E-state index in [4.69, 9.17) is 39.5 Å². The van der Waals surface area contributed by atoms with Crippen LogP contribution in [0.15, 0.2) is 40.9 Å². The Morgan fingerprint density at radius 2 is 1.78 bits per heavy atom. The highest BCUT2D eigenvalue weighted by atomic mass is 79.9. The van der Waals surface area contributed by atoms with Crippen molar-refractivity contribution in [3.63, 3.8) is 0 Å². The number of hydrogen-bond donors (Lipinski definition) is 0. The SMILES string of the molecule is ClCc1ccc(Br)cc1Oc1ccc(Cl)c(Cl)c1. The predicted octanol–water partition coefficient (Wildman–Crippen LogP) is 6.29. The van der Waals surface area contributed by atoms with E-state index in [1.165, 1.54) is 0 Å². The summed E-state index contributed by atoms with van der Waals surface area (Å²) in [5.74, 6) is 1.69. The fourth-order valence-corrected chi connectivity index (χ4v) is 2.25. The molecule has 0 bridgehead atoms. The molecule has 2 aromatic rings. The van der Waals surface area contributed by atoms with Crippen molar-refractivity contribution in [2.75, 3.05) is 0 Å². The summed E-state index contributed by atoms with van der Waals surface area (Å²) < 4.78 is 6.68. The molecule has 0 aliphatic rings. The van der Waals surface area contributed by atoms with E-state index in [9.17, 15) is 0 Å². The Balaban J connectivity index is 2.33. The van der Waals surface area contributed by atoms with E-state index >= 15 is 0 Å². The van der Waals surface area contributed by atoms with Gasteiger partial charge in [0.05, 0.1) is 15.9 Å². The van der Waals surface area contributed by atoms with E-state index in [1.54, 1.807) is 18.2 Å². The molecule has 0 aliphatic carbocycles. The van der Waals surface area contributed by atoms with Gasteiger partial charge in [0.1, 0.15) is 11.5 Å². The van der Waals surface area contributed by atoms with Crippen LogP contribution in [-0.4, -0.2) is 0 Å². The van der Waals surface area contributed by atoms with Gasteiger partial charge >= 0.3 is 0 Å². The molecule has 5 heteroatoms. The van der Waals surface area contributed by atoms with Gasteiger partial charge in [0.15, 0.2) is 0 Å². The summed E-state index contributed by atoms with van der Waals surface area (Å²) >= 11 is 21.0. The summed E-state index contributed by atoms with van der Waals surface area (Å²) in [4.78, 5) is 0. The lowest BCUT2D eigenvalue weighted by molar-refractivity contribution is 0.478. The lowest BCUT2D eigenvalue weighted by Gasteiger charge is -2.10. The van der Waals surface area contributed by atoms with E-state index in [-0.39, 0.29) is 0 Å². The molecule has 0 atom stereocenters. The van der Waals surface area contributed by atoms with Crippen molar-refractivity contribution in [3.05, 3.63) is 56.5 Å². The van der Waals surface area contributed by atoms with Crippen LogP contribution in [0.1, 0.15) is 5.56 Å². The average Bonchev–Trinajstić information content (AvgIpc) is 2.34.